The third kappa shape index (κ3) is 1.59. The molecule has 0 radical (unpaired) electrons. The van der Waals surface area contributed by atoms with Crippen molar-refractivity contribution in [3.05, 3.63) is 21.9 Å². The Morgan fingerprint density at radius 3 is 3.00 bits per heavy atom. The van der Waals surface area contributed by atoms with Gasteiger partial charge in [-0.2, -0.15) is 0 Å². The van der Waals surface area contributed by atoms with E-state index in [1.54, 1.807) is 11.3 Å². The van der Waals surface area contributed by atoms with Gasteiger partial charge in [-0.25, -0.2) is 4.79 Å². The lowest BCUT2D eigenvalue weighted by Crippen LogP contribution is -2.00. The first-order valence-corrected chi connectivity index (χ1v) is 5.02. The van der Waals surface area contributed by atoms with Crippen LogP contribution in [0.1, 0.15) is 27.6 Å². The van der Waals surface area contributed by atoms with Gasteiger partial charge < -0.3 is 10.5 Å². The van der Waals surface area contributed by atoms with Gasteiger partial charge in [-0.3, -0.25) is 0 Å². The highest BCUT2D eigenvalue weighted by atomic mass is 32.1. The fourth-order valence-corrected chi connectivity index (χ4v) is 2.38. The number of ether oxygens (including phenoxy) is 1. The predicted octanol–water partition coefficient (Wildman–Crippen LogP) is 1.35. The van der Waals surface area contributed by atoms with Crippen LogP contribution in [0.25, 0.3) is 0 Å². The third-order valence-electron chi connectivity index (χ3n) is 2.25. The van der Waals surface area contributed by atoms with Gasteiger partial charge in [0.15, 0.2) is 0 Å². The highest BCUT2D eigenvalue weighted by molar-refractivity contribution is 7.10. The second-order valence-electron chi connectivity index (χ2n) is 3.24. The molecule has 0 spiro atoms. The Labute approximate surface area is 80.5 Å². The molecule has 0 aromatic carbocycles. The molecule has 2 rings (SSSR count). The zero-order valence-corrected chi connectivity index (χ0v) is 8.14. The highest BCUT2D eigenvalue weighted by Gasteiger charge is 2.36. The van der Waals surface area contributed by atoms with Crippen molar-refractivity contribution in [3.63, 3.8) is 0 Å². The topological polar surface area (TPSA) is 52.3 Å². The predicted molar refractivity (Wildman–Crippen MR) is 51.0 cm³/mol. The van der Waals surface area contributed by atoms with Crippen LogP contribution in [-0.4, -0.2) is 19.1 Å². The van der Waals surface area contributed by atoms with E-state index in [9.17, 15) is 4.79 Å². The SMILES string of the molecule is COC(=O)c1csc(C2CC2N)c1. The third-order valence-corrected chi connectivity index (χ3v) is 3.31. The molecule has 1 aromatic heterocycles. The Morgan fingerprint density at radius 1 is 1.77 bits per heavy atom. The molecule has 0 bridgehead atoms. The Morgan fingerprint density at radius 2 is 2.46 bits per heavy atom. The number of nitrogens with two attached hydrogens (primary N) is 1. The molecule has 1 saturated carbocycles. The van der Waals surface area contributed by atoms with Crippen LogP contribution >= 0.6 is 11.3 Å². The van der Waals surface area contributed by atoms with Crippen molar-refractivity contribution in [2.45, 2.75) is 18.4 Å². The summed E-state index contributed by atoms with van der Waals surface area (Å²) in [6.07, 6.45) is 1.04. The minimum Gasteiger partial charge on any atom is -0.465 e. The van der Waals surface area contributed by atoms with Gasteiger partial charge >= 0.3 is 5.97 Å². The standard InChI is InChI=1S/C9H11NO2S/c1-12-9(11)5-2-8(13-4-5)6-3-7(6)10/h2,4,6-7H,3,10H2,1H3. The molecule has 1 fully saturated rings. The van der Waals surface area contributed by atoms with Crippen LogP contribution in [0.3, 0.4) is 0 Å². The minimum atomic E-state index is -0.267. The molecule has 13 heavy (non-hydrogen) atoms. The van der Waals surface area contributed by atoms with Gasteiger partial charge in [-0.05, 0) is 12.5 Å². The first-order valence-electron chi connectivity index (χ1n) is 4.14. The van der Waals surface area contributed by atoms with E-state index >= 15 is 0 Å². The first kappa shape index (κ1) is 8.72. The number of carbonyl (C=O) groups excluding carboxylic acids is 1. The molecule has 0 saturated heterocycles. The molecule has 2 N–H and O–H groups in total. The van der Waals surface area contributed by atoms with Crippen molar-refractivity contribution < 1.29 is 9.53 Å². The Balaban J connectivity index is 2.14. The lowest BCUT2D eigenvalue weighted by Gasteiger charge is -1.92. The summed E-state index contributed by atoms with van der Waals surface area (Å²) < 4.78 is 4.61. The summed E-state index contributed by atoms with van der Waals surface area (Å²) in [5, 5.41) is 1.83. The molecule has 0 aliphatic heterocycles. The lowest BCUT2D eigenvalue weighted by atomic mass is 10.2. The van der Waals surface area contributed by atoms with E-state index in [4.69, 9.17) is 5.73 Å². The number of thiophene rings is 1. The molecule has 1 aliphatic carbocycles. The Bertz CT molecular complexity index is 334. The summed E-state index contributed by atoms with van der Waals surface area (Å²) in [6, 6.07) is 2.18. The molecule has 0 amide bonds. The van der Waals surface area contributed by atoms with Crippen LogP contribution in [0, 0.1) is 0 Å². The monoisotopic (exact) mass is 197 g/mol. The molecule has 70 valence electrons. The van der Waals surface area contributed by atoms with E-state index in [0.29, 0.717) is 17.5 Å². The van der Waals surface area contributed by atoms with Gasteiger partial charge in [-0.15, -0.1) is 11.3 Å². The Hall–Kier alpha value is -0.870. The smallest absolute Gasteiger partial charge is 0.338 e. The van der Waals surface area contributed by atoms with Crippen LogP contribution in [-0.2, 0) is 4.74 Å². The van der Waals surface area contributed by atoms with Gasteiger partial charge in [0.25, 0.3) is 0 Å². The van der Waals surface area contributed by atoms with Gasteiger partial charge in [0, 0.05) is 22.2 Å². The van der Waals surface area contributed by atoms with Crippen molar-refractivity contribution in [1.29, 1.82) is 0 Å². The summed E-state index contributed by atoms with van der Waals surface area (Å²) in [6.45, 7) is 0. The molecular weight excluding hydrogens is 186 g/mol. The summed E-state index contributed by atoms with van der Waals surface area (Å²) >= 11 is 1.59. The quantitative estimate of drug-likeness (QED) is 0.728. The molecule has 1 heterocycles. The maximum atomic E-state index is 11.1. The minimum absolute atomic E-state index is 0.267. The molecule has 1 aliphatic rings. The van der Waals surface area contributed by atoms with Crippen LogP contribution in [0.4, 0.5) is 0 Å². The molecular formula is C9H11NO2S. The molecule has 4 heteroatoms. The average Bonchev–Trinajstić information content (AvgIpc) is 2.70. The van der Waals surface area contributed by atoms with Gasteiger partial charge in [-0.1, -0.05) is 0 Å². The summed E-state index contributed by atoms with van der Waals surface area (Å²) in [7, 11) is 1.39. The number of rotatable bonds is 2. The maximum Gasteiger partial charge on any atom is 0.338 e. The van der Waals surface area contributed by atoms with E-state index in [-0.39, 0.29) is 5.97 Å². The fourth-order valence-electron chi connectivity index (χ4n) is 1.31. The molecule has 3 nitrogen and oxygen atoms in total. The van der Waals surface area contributed by atoms with Gasteiger partial charge in [0.05, 0.1) is 12.7 Å². The van der Waals surface area contributed by atoms with Gasteiger partial charge in [0.1, 0.15) is 0 Å². The number of hydrogen-bond acceptors (Lipinski definition) is 4. The van der Waals surface area contributed by atoms with E-state index in [2.05, 4.69) is 4.74 Å². The second-order valence-corrected chi connectivity index (χ2v) is 4.18. The summed E-state index contributed by atoms with van der Waals surface area (Å²) in [4.78, 5) is 12.3. The second kappa shape index (κ2) is 3.12. The first-order chi connectivity index (χ1) is 6.22. The fraction of sp³-hybridized carbons (Fsp3) is 0.444. The highest BCUT2D eigenvalue weighted by Crippen LogP contribution is 2.41. The summed E-state index contributed by atoms with van der Waals surface area (Å²) in [5.41, 5.74) is 6.35. The van der Waals surface area contributed by atoms with E-state index in [0.717, 1.165) is 6.42 Å². The van der Waals surface area contributed by atoms with Crippen molar-refractivity contribution in [2.24, 2.45) is 5.73 Å². The number of hydrogen-bond donors (Lipinski definition) is 1. The lowest BCUT2D eigenvalue weighted by molar-refractivity contribution is 0.0601. The zero-order chi connectivity index (χ0) is 9.42. The molecule has 1 aromatic rings. The normalized spacial score (nSPS) is 25.7. The number of carbonyl (C=O) groups is 1. The van der Waals surface area contributed by atoms with Crippen molar-refractivity contribution >= 4 is 17.3 Å². The van der Waals surface area contributed by atoms with Crippen molar-refractivity contribution in [1.82, 2.24) is 0 Å². The van der Waals surface area contributed by atoms with Crippen molar-refractivity contribution in [3.8, 4) is 0 Å². The van der Waals surface area contributed by atoms with Crippen LogP contribution in [0.15, 0.2) is 11.4 Å². The van der Waals surface area contributed by atoms with Crippen LogP contribution in [0.2, 0.25) is 0 Å². The maximum absolute atomic E-state index is 11.1. The number of esters is 1. The average molecular weight is 197 g/mol. The van der Waals surface area contributed by atoms with Crippen LogP contribution in [0.5, 0.6) is 0 Å². The van der Waals surface area contributed by atoms with E-state index in [1.165, 1.54) is 12.0 Å². The number of methoxy groups -OCH3 is 1. The van der Waals surface area contributed by atoms with E-state index < -0.39 is 0 Å². The van der Waals surface area contributed by atoms with Crippen LogP contribution < -0.4 is 5.73 Å². The Kier molecular flexibility index (Phi) is 2.09. The zero-order valence-electron chi connectivity index (χ0n) is 7.32. The van der Waals surface area contributed by atoms with E-state index in [1.807, 2.05) is 11.4 Å². The molecule has 2 unspecified atom stereocenters. The van der Waals surface area contributed by atoms with Gasteiger partial charge in [0.2, 0.25) is 0 Å². The largest absolute Gasteiger partial charge is 0.465 e. The molecule has 2 atom stereocenters. The van der Waals surface area contributed by atoms with Crippen molar-refractivity contribution in [2.75, 3.05) is 7.11 Å². The summed E-state index contributed by atoms with van der Waals surface area (Å²) in [5.74, 6) is 0.208.